The molecule has 1 saturated heterocycles. The predicted octanol–water partition coefficient (Wildman–Crippen LogP) is 2.35. The molecule has 0 bridgehead atoms. The van der Waals surface area contributed by atoms with Gasteiger partial charge in [0.15, 0.2) is 0 Å². The fourth-order valence-electron chi connectivity index (χ4n) is 3.21. The molecular weight excluding hydrogens is 170 g/mol. The summed E-state index contributed by atoms with van der Waals surface area (Å²) in [6, 6.07) is 11.0. The molecule has 0 aromatic heterocycles. The molecule has 0 radical (unpaired) electrons. The molecule has 1 aliphatic heterocycles. The van der Waals surface area contributed by atoms with Gasteiger partial charge < -0.3 is 4.90 Å². The molecule has 3 rings (SSSR count). The van der Waals surface area contributed by atoms with Crippen molar-refractivity contribution in [3.8, 4) is 0 Å². The third-order valence-electron chi connectivity index (χ3n) is 3.98. The van der Waals surface area contributed by atoms with Crippen LogP contribution in [0.3, 0.4) is 0 Å². The lowest BCUT2D eigenvalue weighted by Gasteiger charge is -2.40. The summed E-state index contributed by atoms with van der Waals surface area (Å²) in [5, 5.41) is 0. The Kier molecular flexibility index (Phi) is 1.88. The van der Waals surface area contributed by atoms with Crippen molar-refractivity contribution >= 4 is 0 Å². The Balaban J connectivity index is 1.78. The number of likely N-dealkylation sites (tertiary alicyclic amines) is 1. The highest BCUT2D eigenvalue weighted by molar-refractivity contribution is 5.24. The fraction of sp³-hybridized carbons (Fsp3) is 0.538. The summed E-state index contributed by atoms with van der Waals surface area (Å²) in [4.78, 5) is 2.48. The van der Waals surface area contributed by atoms with Crippen molar-refractivity contribution in [2.24, 2.45) is 11.8 Å². The summed E-state index contributed by atoms with van der Waals surface area (Å²) in [6.07, 6.45) is 1.42. The van der Waals surface area contributed by atoms with Crippen molar-refractivity contribution in [1.82, 2.24) is 4.90 Å². The first kappa shape index (κ1) is 8.49. The van der Waals surface area contributed by atoms with Gasteiger partial charge in [-0.25, -0.2) is 0 Å². The third kappa shape index (κ3) is 1.19. The van der Waals surface area contributed by atoms with E-state index in [-0.39, 0.29) is 0 Å². The SMILES string of the molecule is CN1C[C@@H]2C[C@@H](c3ccccc3)[C@@H]2C1. The molecule has 0 spiro atoms. The number of fused-ring (bicyclic) bond motifs is 1. The van der Waals surface area contributed by atoms with Crippen LogP contribution in [0.5, 0.6) is 0 Å². The quantitative estimate of drug-likeness (QED) is 0.652. The van der Waals surface area contributed by atoms with Gasteiger partial charge in [0.05, 0.1) is 0 Å². The van der Waals surface area contributed by atoms with Gasteiger partial charge in [-0.3, -0.25) is 0 Å². The van der Waals surface area contributed by atoms with E-state index >= 15 is 0 Å². The Hall–Kier alpha value is -0.820. The zero-order valence-electron chi connectivity index (χ0n) is 8.69. The molecule has 1 saturated carbocycles. The van der Waals surface area contributed by atoms with Crippen LogP contribution in [-0.2, 0) is 0 Å². The van der Waals surface area contributed by atoms with Gasteiger partial charge >= 0.3 is 0 Å². The highest BCUT2D eigenvalue weighted by atomic mass is 15.1. The van der Waals surface area contributed by atoms with Gasteiger partial charge in [-0.05, 0) is 36.8 Å². The third-order valence-corrected chi connectivity index (χ3v) is 3.98. The maximum atomic E-state index is 2.48. The lowest BCUT2D eigenvalue weighted by molar-refractivity contribution is 0.191. The van der Waals surface area contributed by atoms with E-state index in [1.807, 2.05) is 0 Å². The molecule has 0 N–H and O–H groups in total. The van der Waals surface area contributed by atoms with E-state index in [2.05, 4.69) is 42.3 Å². The molecule has 1 nitrogen and oxygen atoms in total. The van der Waals surface area contributed by atoms with E-state index in [4.69, 9.17) is 0 Å². The predicted molar refractivity (Wildman–Crippen MR) is 58.3 cm³/mol. The Bertz CT molecular complexity index is 319. The Morgan fingerprint density at radius 3 is 2.64 bits per heavy atom. The van der Waals surface area contributed by atoms with Gasteiger partial charge in [0.2, 0.25) is 0 Å². The van der Waals surface area contributed by atoms with Crippen LogP contribution in [0, 0.1) is 11.8 Å². The molecule has 2 aliphatic rings. The second kappa shape index (κ2) is 3.09. The lowest BCUT2D eigenvalue weighted by atomic mass is 9.64. The average molecular weight is 187 g/mol. The number of benzene rings is 1. The summed E-state index contributed by atoms with van der Waals surface area (Å²) in [6.45, 7) is 2.64. The highest BCUT2D eigenvalue weighted by Crippen LogP contribution is 2.50. The van der Waals surface area contributed by atoms with E-state index in [1.165, 1.54) is 19.5 Å². The van der Waals surface area contributed by atoms with Crippen LogP contribution in [0.15, 0.2) is 30.3 Å². The van der Waals surface area contributed by atoms with Gasteiger partial charge in [-0.2, -0.15) is 0 Å². The van der Waals surface area contributed by atoms with Crippen LogP contribution in [-0.4, -0.2) is 25.0 Å². The molecule has 1 aromatic rings. The van der Waals surface area contributed by atoms with E-state index in [9.17, 15) is 0 Å². The maximum Gasteiger partial charge on any atom is 0.00157 e. The Morgan fingerprint density at radius 1 is 1.14 bits per heavy atom. The van der Waals surface area contributed by atoms with Gasteiger partial charge in [-0.1, -0.05) is 30.3 Å². The van der Waals surface area contributed by atoms with Crippen LogP contribution in [0.1, 0.15) is 17.9 Å². The van der Waals surface area contributed by atoms with Gasteiger partial charge in [0.1, 0.15) is 0 Å². The first-order valence-corrected chi connectivity index (χ1v) is 5.58. The Morgan fingerprint density at radius 2 is 1.93 bits per heavy atom. The van der Waals surface area contributed by atoms with Gasteiger partial charge in [0, 0.05) is 13.1 Å². The maximum absolute atomic E-state index is 2.48. The summed E-state index contributed by atoms with van der Waals surface area (Å²) in [7, 11) is 2.25. The fourth-order valence-corrected chi connectivity index (χ4v) is 3.21. The van der Waals surface area contributed by atoms with Crippen LogP contribution in [0.2, 0.25) is 0 Å². The average Bonchev–Trinajstić information content (AvgIpc) is 2.47. The van der Waals surface area contributed by atoms with E-state index in [0.29, 0.717) is 0 Å². The number of rotatable bonds is 1. The molecule has 74 valence electrons. The zero-order chi connectivity index (χ0) is 9.54. The summed E-state index contributed by atoms with van der Waals surface area (Å²) in [5.74, 6) is 2.79. The summed E-state index contributed by atoms with van der Waals surface area (Å²) >= 11 is 0. The van der Waals surface area contributed by atoms with E-state index in [0.717, 1.165) is 17.8 Å². The molecule has 3 atom stereocenters. The van der Waals surface area contributed by atoms with Crippen LogP contribution in [0.25, 0.3) is 0 Å². The topological polar surface area (TPSA) is 3.24 Å². The normalized spacial score (nSPS) is 36.5. The van der Waals surface area contributed by atoms with Gasteiger partial charge in [0.25, 0.3) is 0 Å². The van der Waals surface area contributed by atoms with Gasteiger partial charge in [-0.15, -0.1) is 0 Å². The Labute approximate surface area is 85.7 Å². The van der Waals surface area contributed by atoms with Crippen molar-refractivity contribution < 1.29 is 0 Å². The minimum absolute atomic E-state index is 0.853. The largest absolute Gasteiger partial charge is 0.306 e. The number of hydrogen-bond donors (Lipinski definition) is 0. The second-order valence-corrected chi connectivity index (χ2v) is 4.90. The second-order valence-electron chi connectivity index (χ2n) is 4.90. The first-order valence-electron chi connectivity index (χ1n) is 5.58. The minimum atomic E-state index is 0.853. The zero-order valence-corrected chi connectivity index (χ0v) is 8.69. The standard InChI is InChI=1S/C13H17N/c1-14-8-11-7-12(13(11)9-14)10-5-3-2-4-6-10/h2-6,11-13H,7-9H2,1H3/t11-,12-,13+/m0/s1. The number of hydrogen-bond acceptors (Lipinski definition) is 1. The molecular formula is C13H17N. The lowest BCUT2D eigenvalue weighted by Crippen LogP contribution is -2.33. The molecule has 0 amide bonds. The molecule has 0 unspecified atom stereocenters. The van der Waals surface area contributed by atoms with E-state index < -0.39 is 0 Å². The van der Waals surface area contributed by atoms with Crippen molar-refractivity contribution in [3.05, 3.63) is 35.9 Å². The molecule has 1 aromatic carbocycles. The number of nitrogens with zero attached hydrogens (tertiary/aromatic N) is 1. The smallest absolute Gasteiger partial charge is 0.00157 e. The van der Waals surface area contributed by atoms with Crippen molar-refractivity contribution in [3.63, 3.8) is 0 Å². The van der Waals surface area contributed by atoms with Crippen molar-refractivity contribution in [2.45, 2.75) is 12.3 Å². The minimum Gasteiger partial charge on any atom is -0.306 e. The first-order chi connectivity index (χ1) is 6.84. The van der Waals surface area contributed by atoms with Crippen LogP contribution in [0.4, 0.5) is 0 Å². The van der Waals surface area contributed by atoms with Crippen LogP contribution < -0.4 is 0 Å². The highest BCUT2D eigenvalue weighted by Gasteiger charge is 2.46. The summed E-state index contributed by atoms with van der Waals surface area (Å²) < 4.78 is 0. The molecule has 14 heavy (non-hydrogen) atoms. The van der Waals surface area contributed by atoms with Crippen LogP contribution >= 0.6 is 0 Å². The molecule has 2 fully saturated rings. The molecule has 1 heteroatoms. The van der Waals surface area contributed by atoms with E-state index in [1.54, 1.807) is 5.56 Å². The monoisotopic (exact) mass is 187 g/mol. The van der Waals surface area contributed by atoms with Crippen molar-refractivity contribution in [2.75, 3.05) is 20.1 Å². The summed E-state index contributed by atoms with van der Waals surface area (Å²) in [5.41, 5.74) is 1.56. The van der Waals surface area contributed by atoms with Crippen molar-refractivity contribution in [1.29, 1.82) is 0 Å². The molecule has 1 aliphatic carbocycles. The molecule has 1 heterocycles.